The zero-order chi connectivity index (χ0) is 29.3. The van der Waals surface area contributed by atoms with E-state index in [9.17, 15) is 9.59 Å². The second kappa shape index (κ2) is 14.5. The van der Waals surface area contributed by atoms with Crippen LogP contribution in [-0.4, -0.2) is 25.2 Å². The Morgan fingerprint density at radius 2 is 0.810 bits per heavy atom. The number of hydrogen-bond acceptors (Lipinski definition) is 4. The highest BCUT2D eigenvalue weighted by molar-refractivity contribution is 6.35. The van der Waals surface area contributed by atoms with Crippen LogP contribution in [0.25, 0.3) is 43.1 Å². The number of rotatable bonds is 16. The van der Waals surface area contributed by atoms with Crippen molar-refractivity contribution in [2.75, 3.05) is 13.2 Å². The van der Waals surface area contributed by atoms with Crippen molar-refractivity contribution < 1.29 is 19.1 Å². The number of hydrogen-bond donors (Lipinski definition) is 0. The predicted octanol–water partition coefficient (Wildman–Crippen LogP) is 10.8. The molecule has 0 atom stereocenters. The molecule has 0 saturated heterocycles. The van der Waals surface area contributed by atoms with Gasteiger partial charge in [-0.1, -0.05) is 127 Å². The second-order valence-electron chi connectivity index (χ2n) is 11.6. The molecule has 5 rings (SSSR count). The molecule has 0 spiro atoms. The van der Waals surface area contributed by atoms with Crippen molar-refractivity contribution in [3.05, 3.63) is 71.8 Å². The minimum Gasteiger partial charge on any atom is -0.462 e. The summed E-state index contributed by atoms with van der Waals surface area (Å²) in [6.45, 7) is 5.33. The van der Waals surface area contributed by atoms with E-state index < -0.39 is 0 Å². The van der Waals surface area contributed by atoms with Gasteiger partial charge in [-0.25, -0.2) is 9.59 Å². The van der Waals surface area contributed by atoms with Crippen LogP contribution in [0.2, 0.25) is 0 Å². The lowest BCUT2D eigenvalue weighted by Gasteiger charge is -2.17. The molecule has 5 aromatic carbocycles. The van der Waals surface area contributed by atoms with Crippen LogP contribution in [0.5, 0.6) is 0 Å². The Hall–Kier alpha value is -3.66. The van der Waals surface area contributed by atoms with Crippen LogP contribution in [0, 0.1) is 0 Å². The molecule has 4 heteroatoms. The van der Waals surface area contributed by atoms with Crippen molar-refractivity contribution in [3.63, 3.8) is 0 Å². The Labute approximate surface area is 249 Å². The Morgan fingerprint density at radius 3 is 1.24 bits per heavy atom. The third kappa shape index (κ3) is 6.38. The summed E-state index contributed by atoms with van der Waals surface area (Å²) >= 11 is 0. The summed E-state index contributed by atoms with van der Waals surface area (Å²) in [5, 5.41) is 8.22. The third-order valence-corrected chi connectivity index (χ3v) is 8.56. The maximum Gasteiger partial charge on any atom is 0.338 e. The van der Waals surface area contributed by atoms with Crippen LogP contribution in [0.3, 0.4) is 0 Å². The van der Waals surface area contributed by atoms with Crippen LogP contribution in [0.4, 0.5) is 0 Å². The summed E-state index contributed by atoms with van der Waals surface area (Å²) < 4.78 is 11.4. The fourth-order valence-electron chi connectivity index (χ4n) is 6.32. The first-order valence-electron chi connectivity index (χ1n) is 16.1. The molecule has 0 N–H and O–H groups in total. The lowest BCUT2D eigenvalue weighted by atomic mass is 9.87. The Kier molecular flexibility index (Phi) is 10.3. The van der Waals surface area contributed by atoms with Crippen LogP contribution >= 0.6 is 0 Å². The van der Waals surface area contributed by atoms with Crippen LogP contribution in [0.1, 0.15) is 112 Å². The molecule has 220 valence electrons. The average molecular weight is 565 g/mol. The Bertz CT molecular complexity index is 1510. The van der Waals surface area contributed by atoms with E-state index in [4.69, 9.17) is 9.47 Å². The highest BCUT2D eigenvalue weighted by Crippen LogP contribution is 2.42. The van der Waals surface area contributed by atoms with Crippen molar-refractivity contribution in [1.29, 1.82) is 0 Å². The van der Waals surface area contributed by atoms with E-state index >= 15 is 0 Å². The zero-order valence-corrected chi connectivity index (χ0v) is 25.3. The number of ether oxygens (including phenoxy) is 2. The molecule has 0 saturated carbocycles. The van der Waals surface area contributed by atoms with Gasteiger partial charge in [0.1, 0.15) is 0 Å². The molecule has 0 heterocycles. The molecule has 0 radical (unpaired) electrons. The predicted molar refractivity (Wildman–Crippen MR) is 175 cm³/mol. The van der Waals surface area contributed by atoms with Gasteiger partial charge in [-0.05, 0) is 68.1 Å². The Morgan fingerprint density at radius 1 is 0.452 bits per heavy atom. The number of unbranched alkanes of at least 4 members (excludes halogenated alkanes) is 10. The van der Waals surface area contributed by atoms with Crippen LogP contribution < -0.4 is 0 Å². The van der Waals surface area contributed by atoms with Gasteiger partial charge >= 0.3 is 11.9 Å². The fraction of sp³-hybridized carbons (Fsp3) is 0.421. The molecule has 0 fully saturated rings. The smallest absolute Gasteiger partial charge is 0.338 e. The SMILES string of the molecule is CCCCCCCCOC(=O)c1ccc2c3cccc4c(C(=O)OCCCCCCCC)ccc(c5cccc1c52)c43. The zero-order valence-electron chi connectivity index (χ0n) is 25.3. The summed E-state index contributed by atoms with van der Waals surface area (Å²) in [4.78, 5) is 26.4. The molecular weight excluding hydrogens is 520 g/mol. The first-order chi connectivity index (χ1) is 20.7. The van der Waals surface area contributed by atoms with Crippen molar-refractivity contribution in [3.8, 4) is 0 Å². The highest BCUT2D eigenvalue weighted by atomic mass is 16.5. The summed E-state index contributed by atoms with van der Waals surface area (Å²) in [7, 11) is 0. The molecule has 0 bridgehead atoms. The molecule has 0 aliphatic heterocycles. The molecule has 4 nitrogen and oxygen atoms in total. The van der Waals surface area contributed by atoms with Gasteiger partial charge < -0.3 is 9.47 Å². The van der Waals surface area contributed by atoms with Gasteiger partial charge in [0.05, 0.1) is 24.3 Å². The maximum atomic E-state index is 13.2. The van der Waals surface area contributed by atoms with Gasteiger partial charge in [-0.15, -0.1) is 0 Å². The van der Waals surface area contributed by atoms with Gasteiger partial charge in [-0.3, -0.25) is 0 Å². The van der Waals surface area contributed by atoms with E-state index in [0.29, 0.717) is 24.3 Å². The van der Waals surface area contributed by atoms with Crippen LogP contribution in [0.15, 0.2) is 60.7 Å². The summed E-state index contributed by atoms with van der Waals surface area (Å²) in [5.74, 6) is -0.528. The third-order valence-electron chi connectivity index (χ3n) is 8.56. The van der Waals surface area contributed by atoms with Crippen molar-refractivity contribution in [2.24, 2.45) is 0 Å². The molecule has 5 aromatic rings. The van der Waals surface area contributed by atoms with Gasteiger partial charge in [0, 0.05) is 0 Å². The van der Waals surface area contributed by atoms with Gasteiger partial charge in [-0.2, -0.15) is 0 Å². The largest absolute Gasteiger partial charge is 0.462 e. The fourth-order valence-corrected chi connectivity index (χ4v) is 6.32. The Balaban J connectivity index is 1.41. The standard InChI is InChI=1S/C38H44O4/c1-3-5-7-9-11-13-25-41-37(39)33-23-21-31-28-18-16-20-30-34(38(40)42-26-14-12-10-8-6-4-2)24-22-32(36(28)30)27-17-15-19-29(33)35(27)31/h15-24H,3-14,25-26H2,1-2H3. The van der Waals surface area contributed by atoms with Gasteiger partial charge in [0.2, 0.25) is 0 Å². The second-order valence-corrected chi connectivity index (χ2v) is 11.6. The highest BCUT2D eigenvalue weighted by Gasteiger charge is 2.20. The molecule has 0 aromatic heterocycles. The maximum absolute atomic E-state index is 13.2. The van der Waals surface area contributed by atoms with E-state index in [0.717, 1.165) is 68.8 Å². The normalized spacial score (nSPS) is 11.7. The van der Waals surface area contributed by atoms with Crippen molar-refractivity contribution in [1.82, 2.24) is 0 Å². The monoisotopic (exact) mass is 564 g/mol. The van der Waals surface area contributed by atoms with Crippen LogP contribution in [-0.2, 0) is 9.47 Å². The van der Waals surface area contributed by atoms with E-state index in [1.54, 1.807) is 0 Å². The topological polar surface area (TPSA) is 52.6 Å². The summed E-state index contributed by atoms with van der Waals surface area (Å²) in [6.07, 6.45) is 13.8. The van der Waals surface area contributed by atoms with Crippen molar-refractivity contribution >= 4 is 55.0 Å². The molecule has 0 unspecified atom stereocenters. The number of benzene rings is 5. The number of carbonyl (C=O) groups is 2. The van der Waals surface area contributed by atoms with Gasteiger partial charge in [0.15, 0.2) is 0 Å². The minimum absolute atomic E-state index is 0.264. The van der Waals surface area contributed by atoms with E-state index in [1.807, 2.05) is 48.5 Å². The molecule has 42 heavy (non-hydrogen) atoms. The van der Waals surface area contributed by atoms with E-state index in [2.05, 4.69) is 26.0 Å². The number of esters is 2. The molecule has 0 aliphatic rings. The average Bonchev–Trinajstić information content (AvgIpc) is 3.02. The van der Waals surface area contributed by atoms with E-state index in [1.165, 1.54) is 51.4 Å². The lowest BCUT2D eigenvalue weighted by Crippen LogP contribution is -2.08. The summed E-state index contributed by atoms with van der Waals surface area (Å²) in [5.41, 5.74) is 1.21. The number of fused-ring (bicyclic) bond motifs is 2. The quantitative estimate of drug-likeness (QED) is 0.0518. The minimum atomic E-state index is -0.264. The van der Waals surface area contributed by atoms with Gasteiger partial charge in [0.25, 0.3) is 0 Å². The first-order valence-corrected chi connectivity index (χ1v) is 16.1. The van der Waals surface area contributed by atoms with Crippen molar-refractivity contribution in [2.45, 2.75) is 90.9 Å². The molecule has 0 aliphatic carbocycles. The number of carbonyl (C=O) groups excluding carboxylic acids is 2. The molecule has 0 amide bonds. The first kappa shape index (κ1) is 29.8. The lowest BCUT2D eigenvalue weighted by molar-refractivity contribution is 0.0490. The van der Waals surface area contributed by atoms with E-state index in [-0.39, 0.29) is 11.9 Å². The molecular formula is C38H44O4. The summed E-state index contributed by atoms with van der Waals surface area (Å²) in [6, 6.07) is 20.1.